The standard InChI is InChI=1S/C18H12FN3O/c19-15-7-3-14(4-8-15)18-20-17(21-23-18)13-5-9-16(10-6-13)22-11-1-2-12-22/h1-12H. The van der Waals surface area contributed by atoms with Gasteiger partial charge in [-0.3, -0.25) is 0 Å². The summed E-state index contributed by atoms with van der Waals surface area (Å²) in [6.07, 6.45) is 3.96. The van der Waals surface area contributed by atoms with Crippen LogP contribution in [0, 0.1) is 5.82 Å². The van der Waals surface area contributed by atoms with Crippen molar-refractivity contribution in [2.24, 2.45) is 0 Å². The highest BCUT2D eigenvalue weighted by atomic mass is 19.1. The molecule has 0 aliphatic heterocycles. The summed E-state index contributed by atoms with van der Waals surface area (Å²) in [5.74, 6) is 0.576. The minimum absolute atomic E-state index is 0.297. The van der Waals surface area contributed by atoms with E-state index in [1.165, 1.54) is 12.1 Å². The Morgan fingerprint density at radius 2 is 1.48 bits per heavy atom. The fraction of sp³-hybridized carbons (Fsp3) is 0. The number of nitrogens with zero attached hydrogens (tertiary/aromatic N) is 3. The Kier molecular flexibility index (Phi) is 3.24. The zero-order valence-electron chi connectivity index (χ0n) is 12.1. The first kappa shape index (κ1) is 13.5. The minimum atomic E-state index is -0.297. The van der Waals surface area contributed by atoms with Gasteiger partial charge < -0.3 is 9.09 Å². The second-order valence-electron chi connectivity index (χ2n) is 5.07. The van der Waals surface area contributed by atoms with Crippen LogP contribution in [0.3, 0.4) is 0 Å². The van der Waals surface area contributed by atoms with Gasteiger partial charge in [-0.1, -0.05) is 5.16 Å². The third-order valence-electron chi connectivity index (χ3n) is 3.55. The van der Waals surface area contributed by atoms with E-state index in [2.05, 4.69) is 10.1 Å². The van der Waals surface area contributed by atoms with Gasteiger partial charge in [0.25, 0.3) is 5.89 Å². The van der Waals surface area contributed by atoms with E-state index in [-0.39, 0.29) is 5.82 Å². The number of benzene rings is 2. The van der Waals surface area contributed by atoms with E-state index in [1.54, 1.807) is 12.1 Å². The molecule has 0 radical (unpaired) electrons. The van der Waals surface area contributed by atoms with Crippen LogP contribution < -0.4 is 0 Å². The Balaban J connectivity index is 1.62. The van der Waals surface area contributed by atoms with Crippen molar-refractivity contribution < 1.29 is 8.91 Å². The van der Waals surface area contributed by atoms with Crippen LogP contribution >= 0.6 is 0 Å². The fourth-order valence-corrected chi connectivity index (χ4v) is 2.34. The van der Waals surface area contributed by atoms with Gasteiger partial charge in [0.15, 0.2) is 0 Å². The molecule has 23 heavy (non-hydrogen) atoms. The van der Waals surface area contributed by atoms with Gasteiger partial charge >= 0.3 is 0 Å². The van der Waals surface area contributed by atoms with Crippen molar-refractivity contribution in [2.45, 2.75) is 0 Å². The summed E-state index contributed by atoms with van der Waals surface area (Å²) in [5.41, 5.74) is 2.60. The maximum absolute atomic E-state index is 13.0. The number of aromatic nitrogens is 3. The normalized spacial score (nSPS) is 10.8. The number of halogens is 1. The molecule has 2 heterocycles. The molecule has 0 spiro atoms. The largest absolute Gasteiger partial charge is 0.334 e. The minimum Gasteiger partial charge on any atom is -0.334 e. The van der Waals surface area contributed by atoms with Crippen molar-refractivity contribution in [1.29, 1.82) is 0 Å². The molecular formula is C18H12FN3O. The van der Waals surface area contributed by atoms with Crippen molar-refractivity contribution in [3.8, 4) is 28.5 Å². The molecular weight excluding hydrogens is 293 g/mol. The van der Waals surface area contributed by atoms with Crippen LogP contribution in [0.1, 0.15) is 0 Å². The lowest BCUT2D eigenvalue weighted by atomic mass is 10.2. The number of hydrogen-bond donors (Lipinski definition) is 0. The van der Waals surface area contributed by atoms with Crippen molar-refractivity contribution in [3.05, 3.63) is 78.9 Å². The monoisotopic (exact) mass is 305 g/mol. The first-order chi connectivity index (χ1) is 11.3. The molecule has 0 saturated heterocycles. The van der Waals surface area contributed by atoms with Crippen LogP contribution in [-0.4, -0.2) is 14.7 Å². The van der Waals surface area contributed by atoms with Crippen LogP contribution in [-0.2, 0) is 0 Å². The Morgan fingerprint density at radius 1 is 0.826 bits per heavy atom. The molecule has 2 aromatic carbocycles. The third kappa shape index (κ3) is 2.64. The topological polar surface area (TPSA) is 43.9 Å². The Bertz CT molecular complexity index is 910. The van der Waals surface area contributed by atoms with Crippen molar-refractivity contribution in [1.82, 2.24) is 14.7 Å². The van der Waals surface area contributed by atoms with Crippen LogP contribution in [0.4, 0.5) is 4.39 Å². The van der Waals surface area contributed by atoms with E-state index in [0.29, 0.717) is 17.3 Å². The smallest absolute Gasteiger partial charge is 0.258 e. The zero-order valence-corrected chi connectivity index (χ0v) is 12.1. The molecule has 4 nitrogen and oxygen atoms in total. The molecule has 0 aliphatic rings. The van der Waals surface area contributed by atoms with Crippen molar-refractivity contribution in [3.63, 3.8) is 0 Å². The Hall–Kier alpha value is -3.21. The predicted octanol–water partition coefficient (Wildman–Crippen LogP) is 4.33. The van der Waals surface area contributed by atoms with Gasteiger partial charge in [0.1, 0.15) is 5.82 Å². The summed E-state index contributed by atoms with van der Waals surface area (Å²) < 4.78 is 20.2. The van der Waals surface area contributed by atoms with E-state index in [9.17, 15) is 4.39 Å². The maximum atomic E-state index is 13.0. The molecule has 112 valence electrons. The summed E-state index contributed by atoms with van der Waals surface area (Å²) >= 11 is 0. The molecule has 0 fully saturated rings. The van der Waals surface area contributed by atoms with Crippen molar-refractivity contribution in [2.75, 3.05) is 0 Å². The predicted molar refractivity (Wildman–Crippen MR) is 84.5 cm³/mol. The second-order valence-corrected chi connectivity index (χ2v) is 5.07. The molecule has 0 amide bonds. The molecule has 0 aliphatic carbocycles. The Morgan fingerprint density at radius 3 is 2.17 bits per heavy atom. The molecule has 0 bridgehead atoms. The first-order valence-corrected chi connectivity index (χ1v) is 7.13. The molecule has 4 aromatic rings. The molecule has 0 unspecified atom stereocenters. The Labute approximate surface area is 131 Å². The van der Waals surface area contributed by atoms with E-state index in [1.807, 2.05) is 53.4 Å². The van der Waals surface area contributed by atoms with E-state index < -0.39 is 0 Å². The lowest BCUT2D eigenvalue weighted by Gasteiger charge is -2.02. The van der Waals surface area contributed by atoms with E-state index in [0.717, 1.165) is 11.3 Å². The maximum Gasteiger partial charge on any atom is 0.258 e. The van der Waals surface area contributed by atoms with Gasteiger partial charge in [-0.15, -0.1) is 0 Å². The van der Waals surface area contributed by atoms with Gasteiger partial charge in [-0.2, -0.15) is 4.98 Å². The fourth-order valence-electron chi connectivity index (χ4n) is 2.34. The molecule has 4 rings (SSSR count). The van der Waals surface area contributed by atoms with Crippen LogP contribution in [0.25, 0.3) is 28.5 Å². The van der Waals surface area contributed by atoms with E-state index >= 15 is 0 Å². The second kappa shape index (κ2) is 5.53. The average molecular weight is 305 g/mol. The van der Waals surface area contributed by atoms with Crippen LogP contribution in [0.5, 0.6) is 0 Å². The van der Waals surface area contributed by atoms with Crippen molar-refractivity contribution >= 4 is 0 Å². The van der Waals surface area contributed by atoms with Crippen LogP contribution in [0.2, 0.25) is 0 Å². The number of hydrogen-bond acceptors (Lipinski definition) is 3. The molecule has 2 aromatic heterocycles. The first-order valence-electron chi connectivity index (χ1n) is 7.13. The third-order valence-corrected chi connectivity index (χ3v) is 3.55. The molecule has 0 N–H and O–H groups in total. The summed E-state index contributed by atoms with van der Waals surface area (Å²) in [6, 6.07) is 17.8. The van der Waals surface area contributed by atoms with Gasteiger partial charge in [0.05, 0.1) is 0 Å². The van der Waals surface area contributed by atoms with Gasteiger partial charge in [0.2, 0.25) is 5.82 Å². The summed E-state index contributed by atoms with van der Waals surface area (Å²) in [5, 5.41) is 3.99. The lowest BCUT2D eigenvalue weighted by molar-refractivity contribution is 0.432. The summed E-state index contributed by atoms with van der Waals surface area (Å²) in [7, 11) is 0. The van der Waals surface area contributed by atoms with Gasteiger partial charge in [-0.05, 0) is 60.7 Å². The molecule has 0 saturated carbocycles. The lowest BCUT2D eigenvalue weighted by Crippen LogP contribution is -1.89. The van der Waals surface area contributed by atoms with Gasteiger partial charge in [-0.25, -0.2) is 4.39 Å². The molecule has 5 heteroatoms. The van der Waals surface area contributed by atoms with Gasteiger partial charge in [0, 0.05) is 29.2 Å². The SMILES string of the molecule is Fc1ccc(-c2nc(-c3ccc(-n4cccc4)cc3)no2)cc1. The highest BCUT2D eigenvalue weighted by Crippen LogP contribution is 2.23. The van der Waals surface area contributed by atoms with Crippen LogP contribution in [0.15, 0.2) is 77.6 Å². The number of rotatable bonds is 3. The average Bonchev–Trinajstić information content (AvgIpc) is 3.28. The quantitative estimate of drug-likeness (QED) is 0.566. The summed E-state index contributed by atoms with van der Waals surface area (Å²) in [4.78, 5) is 4.37. The zero-order chi connectivity index (χ0) is 15.6. The highest BCUT2D eigenvalue weighted by molar-refractivity contribution is 5.60. The van der Waals surface area contributed by atoms with E-state index in [4.69, 9.17) is 4.52 Å². The summed E-state index contributed by atoms with van der Waals surface area (Å²) in [6.45, 7) is 0. The molecule has 0 atom stereocenters. The highest BCUT2D eigenvalue weighted by Gasteiger charge is 2.10.